The smallest absolute Gasteiger partial charge is 0.200 e. The lowest BCUT2D eigenvalue weighted by molar-refractivity contribution is 0.103. The number of hydrogen-bond donors (Lipinski definition) is 0. The Morgan fingerprint density at radius 2 is 0.619 bits per heavy atom. The summed E-state index contributed by atoms with van der Waals surface area (Å²) in [4.78, 5) is 12.3. The molecule has 6 aromatic carbocycles. The molecule has 332 valence electrons. The maximum Gasteiger partial charge on any atom is 0.200 e. The van der Waals surface area contributed by atoms with E-state index in [4.69, 9.17) is 0 Å². The zero-order valence-corrected chi connectivity index (χ0v) is 31.7. The highest BCUT2D eigenvalue weighted by molar-refractivity contribution is 7.94. The van der Waals surface area contributed by atoms with Gasteiger partial charge in [-0.05, 0) is 17.0 Å². The van der Waals surface area contributed by atoms with Gasteiger partial charge in [0.25, 0.3) is 0 Å². The summed E-state index contributed by atoms with van der Waals surface area (Å²) in [6.07, 6.45) is -2.79. The summed E-state index contributed by atoms with van der Waals surface area (Å²) < 4.78 is 294. The van der Waals surface area contributed by atoms with E-state index < -0.39 is 144 Å². The van der Waals surface area contributed by atoms with Crippen LogP contribution < -0.4 is 21.9 Å². The van der Waals surface area contributed by atoms with Gasteiger partial charge < -0.3 is 0 Å². The topological polar surface area (TPSA) is 17.1 Å². The number of halogens is 20. The summed E-state index contributed by atoms with van der Waals surface area (Å²) in [5.74, 6) is -70.3. The first kappa shape index (κ1) is 48.0. The number of hydrogen-bond acceptors (Lipinski definition) is 1. The first-order valence-electron chi connectivity index (χ1n) is 16.8. The van der Waals surface area contributed by atoms with Crippen LogP contribution in [0.25, 0.3) is 0 Å². The standard InChI is InChI=1S/C24BF20.C16H17OS/c26-5-1(6(27)14(35)21(42)13(5)34)25(2-7(28)15(36)22(43)16(37)8(2)29,3-9(30)17(38)23(44)18(39)10(3)31)4-11(32)19(40)24(45)20(41)12(4)33;1-18(2)12-13-7-6-10-15(11-13)16(17)14-8-4-3-5-9-14/h;3-11H,12H2,1-2H3/q-1;+1. The Morgan fingerprint density at radius 3 is 0.889 bits per heavy atom. The number of benzene rings is 6. The molecule has 0 atom stereocenters. The van der Waals surface area contributed by atoms with E-state index in [1.54, 1.807) is 0 Å². The molecular weight excluding hydrogens is 919 g/mol. The zero-order chi connectivity index (χ0) is 47.3. The van der Waals surface area contributed by atoms with Crippen LogP contribution in [0.4, 0.5) is 87.8 Å². The summed E-state index contributed by atoms with van der Waals surface area (Å²) in [6.45, 7) is 0. The molecule has 0 aliphatic heterocycles. The van der Waals surface area contributed by atoms with Crippen molar-refractivity contribution < 1.29 is 92.6 Å². The zero-order valence-electron chi connectivity index (χ0n) is 30.9. The van der Waals surface area contributed by atoms with Crippen LogP contribution in [0.5, 0.6) is 0 Å². The van der Waals surface area contributed by atoms with Gasteiger partial charge in [-0.3, -0.25) is 4.79 Å². The molecule has 0 amide bonds. The van der Waals surface area contributed by atoms with Gasteiger partial charge in [0.05, 0.1) is 12.5 Å². The number of carbonyl (C=O) groups is 1. The third-order valence-electron chi connectivity index (χ3n) is 9.39. The van der Waals surface area contributed by atoms with Crippen molar-refractivity contribution in [1.29, 1.82) is 0 Å². The largest absolute Gasteiger partial charge is 0.289 e. The van der Waals surface area contributed by atoms with E-state index in [2.05, 4.69) is 18.6 Å². The molecule has 0 bridgehead atoms. The quantitative estimate of drug-likeness (QED) is 0.0372. The average Bonchev–Trinajstić information content (AvgIpc) is 3.26. The van der Waals surface area contributed by atoms with Gasteiger partial charge in [0.2, 0.25) is 0 Å². The monoisotopic (exact) mass is 936 g/mol. The van der Waals surface area contributed by atoms with Crippen molar-refractivity contribution in [3.05, 3.63) is 188 Å². The molecular formula is C40H17BF20OS. The molecule has 6 aromatic rings. The average molecular weight is 936 g/mol. The number of ketones is 1. The minimum Gasteiger partial charge on any atom is -0.289 e. The first-order chi connectivity index (χ1) is 29.4. The van der Waals surface area contributed by atoms with Gasteiger partial charge in [-0.2, -0.15) is 0 Å². The Kier molecular flexibility index (Phi) is 13.7. The van der Waals surface area contributed by atoms with Gasteiger partial charge in [-0.25, -0.2) is 87.8 Å². The summed E-state index contributed by atoms with van der Waals surface area (Å²) in [5, 5.41) is 0. The van der Waals surface area contributed by atoms with Gasteiger partial charge in [-0.1, -0.05) is 48.5 Å². The van der Waals surface area contributed by atoms with Crippen molar-refractivity contribution in [2.75, 3.05) is 12.5 Å². The molecule has 0 aliphatic carbocycles. The lowest BCUT2D eigenvalue weighted by Crippen LogP contribution is -2.81. The van der Waals surface area contributed by atoms with Crippen LogP contribution in [0, 0.1) is 116 Å². The normalized spacial score (nSPS) is 11.6. The van der Waals surface area contributed by atoms with Crippen molar-refractivity contribution in [3.8, 4) is 0 Å². The highest BCUT2D eigenvalue weighted by Gasteiger charge is 2.52. The van der Waals surface area contributed by atoms with Crippen molar-refractivity contribution in [2.24, 2.45) is 0 Å². The molecule has 0 fully saturated rings. The first-order valence-corrected chi connectivity index (χ1v) is 19.0. The minimum atomic E-state index is -7.22. The molecule has 0 spiro atoms. The Bertz CT molecular complexity index is 2440. The van der Waals surface area contributed by atoms with Crippen molar-refractivity contribution in [2.45, 2.75) is 5.75 Å². The molecule has 0 saturated heterocycles. The molecule has 23 heteroatoms. The summed E-state index contributed by atoms with van der Waals surface area (Å²) in [5.41, 5.74) is -11.6. The lowest BCUT2D eigenvalue weighted by atomic mass is 9.12. The third kappa shape index (κ3) is 7.88. The predicted octanol–water partition coefficient (Wildman–Crippen LogP) is 9.14. The highest BCUT2D eigenvalue weighted by Crippen LogP contribution is 2.31. The third-order valence-corrected chi connectivity index (χ3v) is 10.3. The van der Waals surface area contributed by atoms with E-state index in [1.165, 1.54) is 5.56 Å². The van der Waals surface area contributed by atoms with Crippen LogP contribution in [0.3, 0.4) is 0 Å². The fraction of sp³-hybridized carbons (Fsp3) is 0.0750. The number of rotatable bonds is 8. The van der Waals surface area contributed by atoms with Crippen LogP contribution in [0.15, 0.2) is 54.6 Å². The fourth-order valence-electron chi connectivity index (χ4n) is 6.77. The molecule has 0 unspecified atom stereocenters. The fourth-order valence-corrected chi connectivity index (χ4v) is 7.61. The Morgan fingerprint density at radius 1 is 0.365 bits per heavy atom. The highest BCUT2D eigenvalue weighted by atomic mass is 32.2. The van der Waals surface area contributed by atoms with E-state index in [1.807, 2.05) is 48.5 Å². The second-order valence-corrected chi connectivity index (χ2v) is 15.6. The predicted molar refractivity (Wildman–Crippen MR) is 188 cm³/mol. The van der Waals surface area contributed by atoms with Crippen molar-refractivity contribution in [1.82, 2.24) is 0 Å². The van der Waals surface area contributed by atoms with E-state index in [0.717, 1.165) is 16.9 Å². The molecule has 63 heavy (non-hydrogen) atoms. The molecule has 0 radical (unpaired) electrons. The molecule has 0 heterocycles. The second kappa shape index (κ2) is 18.0. The van der Waals surface area contributed by atoms with Crippen LogP contribution in [-0.4, -0.2) is 24.4 Å². The molecule has 1 nitrogen and oxygen atoms in total. The maximum absolute atomic E-state index is 15.4. The van der Waals surface area contributed by atoms with Crippen LogP contribution in [-0.2, 0) is 16.6 Å². The van der Waals surface area contributed by atoms with Crippen LogP contribution in [0.1, 0.15) is 21.5 Å². The van der Waals surface area contributed by atoms with Crippen molar-refractivity contribution >= 4 is 44.7 Å². The maximum atomic E-state index is 15.4. The van der Waals surface area contributed by atoms with E-state index >= 15 is 35.1 Å². The van der Waals surface area contributed by atoms with Crippen LogP contribution >= 0.6 is 0 Å². The molecule has 0 aromatic heterocycles. The van der Waals surface area contributed by atoms with Gasteiger partial charge >= 0.3 is 0 Å². The Hall–Kier alpha value is -6.00. The van der Waals surface area contributed by atoms with Gasteiger partial charge in [-0.15, -0.1) is 21.9 Å². The van der Waals surface area contributed by atoms with Crippen molar-refractivity contribution in [3.63, 3.8) is 0 Å². The lowest BCUT2D eigenvalue weighted by Gasteiger charge is -2.44. The summed E-state index contributed by atoms with van der Waals surface area (Å²) in [7, 11) is 0.356. The van der Waals surface area contributed by atoms with Gasteiger partial charge in [0.1, 0.15) is 58.4 Å². The van der Waals surface area contributed by atoms with Gasteiger partial charge in [0.15, 0.2) is 75.6 Å². The molecule has 0 N–H and O–H groups in total. The minimum absolute atomic E-state index is 0.101. The van der Waals surface area contributed by atoms with E-state index in [-0.39, 0.29) is 5.78 Å². The van der Waals surface area contributed by atoms with Gasteiger partial charge in [0, 0.05) is 16.7 Å². The summed E-state index contributed by atoms with van der Waals surface area (Å²) in [6, 6.07) is 17.4. The molecule has 0 saturated carbocycles. The SMILES string of the molecule is C[S+](C)Cc1cccc(C(=O)c2ccccc2)c1.Fc1c(F)c(F)c([B-](c2c(F)c(F)c(F)c(F)c2F)(c2c(F)c(F)c(F)c(F)c2F)c2c(F)c(F)c(F)c(F)c2F)c(F)c1F. The van der Waals surface area contributed by atoms with Crippen LogP contribution in [0.2, 0.25) is 0 Å². The number of carbonyl (C=O) groups excluding carboxylic acids is 1. The second-order valence-electron chi connectivity index (χ2n) is 13.3. The molecule has 6 rings (SSSR count). The Balaban J connectivity index is 0.000000345. The Labute approximate surface area is 342 Å². The summed E-state index contributed by atoms with van der Waals surface area (Å²) >= 11 is 0. The molecule has 0 aliphatic rings. The van der Waals surface area contributed by atoms with E-state index in [0.29, 0.717) is 10.9 Å². The van der Waals surface area contributed by atoms with E-state index in [9.17, 15) is 57.5 Å².